The Bertz CT molecular complexity index is 306. The van der Waals surface area contributed by atoms with Crippen molar-refractivity contribution in [2.45, 2.75) is 25.8 Å². The van der Waals surface area contributed by atoms with Crippen molar-refractivity contribution in [1.82, 2.24) is 10.3 Å². The molecule has 1 saturated heterocycles. The van der Waals surface area contributed by atoms with Crippen LogP contribution >= 0.6 is 11.6 Å². The molecule has 0 amide bonds. The Kier molecular flexibility index (Phi) is 2.51. The van der Waals surface area contributed by atoms with Gasteiger partial charge in [0.15, 0.2) is 0 Å². The first kappa shape index (κ1) is 8.97. The quantitative estimate of drug-likeness (QED) is 0.699. The maximum atomic E-state index is 5.79. The van der Waals surface area contributed by atoms with Crippen LogP contribution in [0.15, 0.2) is 12.3 Å². The van der Waals surface area contributed by atoms with Crippen LogP contribution < -0.4 is 5.32 Å². The Hall–Kier alpha value is -0.600. The molecule has 0 spiro atoms. The molecule has 1 aliphatic rings. The second-order valence-electron chi connectivity index (χ2n) is 3.51. The molecule has 1 aromatic rings. The molecule has 2 nitrogen and oxygen atoms in total. The average molecular weight is 197 g/mol. The first-order valence-electron chi connectivity index (χ1n) is 4.63. The molecular formula is C10H13ClN2. The van der Waals surface area contributed by atoms with Crippen molar-refractivity contribution in [1.29, 1.82) is 0 Å². The summed E-state index contributed by atoms with van der Waals surface area (Å²) in [6, 6.07) is 2.42. The highest BCUT2D eigenvalue weighted by Gasteiger charge is 2.17. The van der Waals surface area contributed by atoms with Gasteiger partial charge in [-0.2, -0.15) is 0 Å². The van der Waals surface area contributed by atoms with Gasteiger partial charge >= 0.3 is 0 Å². The van der Waals surface area contributed by atoms with E-state index in [-0.39, 0.29) is 0 Å². The van der Waals surface area contributed by atoms with Crippen LogP contribution in [0.2, 0.25) is 5.15 Å². The fourth-order valence-electron chi connectivity index (χ4n) is 1.85. The van der Waals surface area contributed by atoms with Gasteiger partial charge in [0.05, 0.1) is 0 Å². The molecule has 1 N–H and O–H groups in total. The predicted molar refractivity (Wildman–Crippen MR) is 54.0 cm³/mol. The molecule has 1 fully saturated rings. The average Bonchev–Trinajstić information content (AvgIpc) is 2.56. The molecule has 13 heavy (non-hydrogen) atoms. The van der Waals surface area contributed by atoms with E-state index >= 15 is 0 Å². The van der Waals surface area contributed by atoms with E-state index in [0.717, 1.165) is 6.54 Å². The molecule has 1 aromatic heterocycles. The lowest BCUT2D eigenvalue weighted by Gasteiger charge is -2.12. The van der Waals surface area contributed by atoms with E-state index < -0.39 is 0 Å². The van der Waals surface area contributed by atoms with Crippen LogP contribution in [0.25, 0.3) is 0 Å². The Labute approximate surface area is 83.3 Å². The summed E-state index contributed by atoms with van der Waals surface area (Å²) in [5.41, 5.74) is 2.53. The monoisotopic (exact) mass is 196 g/mol. The summed E-state index contributed by atoms with van der Waals surface area (Å²) in [5, 5.41) is 4.03. The van der Waals surface area contributed by atoms with E-state index in [1.807, 2.05) is 12.3 Å². The first-order valence-corrected chi connectivity index (χ1v) is 5.00. The van der Waals surface area contributed by atoms with Gasteiger partial charge in [-0.25, -0.2) is 4.98 Å². The fourth-order valence-corrected chi connectivity index (χ4v) is 2.06. The van der Waals surface area contributed by atoms with Crippen molar-refractivity contribution >= 4 is 11.6 Å². The van der Waals surface area contributed by atoms with Gasteiger partial charge in [0.25, 0.3) is 0 Å². The number of aromatic nitrogens is 1. The summed E-state index contributed by atoms with van der Waals surface area (Å²) in [5.74, 6) is 0. The van der Waals surface area contributed by atoms with Crippen molar-refractivity contribution in [2.75, 3.05) is 6.54 Å². The van der Waals surface area contributed by atoms with Crippen LogP contribution in [-0.2, 0) is 0 Å². The molecule has 0 radical (unpaired) electrons. The number of nitrogens with one attached hydrogen (secondary N) is 1. The SMILES string of the molecule is Cc1cc(Cl)ncc1[C@H]1CCCN1. The van der Waals surface area contributed by atoms with Gasteiger partial charge in [-0.1, -0.05) is 11.6 Å². The van der Waals surface area contributed by atoms with E-state index in [4.69, 9.17) is 11.6 Å². The van der Waals surface area contributed by atoms with E-state index in [2.05, 4.69) is 17.2 Å². The van der Waals surface area contributed by atoms with Crippen molar-refractivity contribution in [3.63, 3.8) is 0 Å². The second-order valence-corrected chi connectivity index (χ2v) is 3.90. The summed E-state index contributed by atoms with van der Waals surface area (Å²) in [6.07, 6.45) is 4.36. The minimum Gasteiger partial charge on any atom is -0.310 e. The minimum atomic E-state index is 0.491. The Morgan fingerprint density at radius 2 is 2.46 bits per heavy atom. The standard InChI is InChI=1S/C10H13ClN2/c1-7-5-10(11)13-6-8(7)9-3-2-4-12-9/h5-6,9,12H,2-4H2,1H3/t9-/m1/s1. The molecule has 2 rings (SSSR count). The Morgan fingerprint density at radius 1 is 1.62 bits per heavy atom. The topological polar surface area (TPSA) is 24.9 Å². The largest absolute Gasteiger partial charge is 0.310 e. The highest BCUT2D eigenvalue weighted by molar-refractivity contribution is 6.29. The van der Waals surface area contributed by atoms with Crippen LogP contribution in [0.3, 0.4) is 0 Å². The molecule has 0 aromatic carbocycles. The second kappa shape index (κ2) is 3.64. The third-order valence-corrected chi connectivity index (χ3v) is 2.76. The summed E-state index contributed by atoms with van der Waals surface area (Å²) >= 11 is 5.79. The third-order valence-electron chi connectivity index (χ3n) is 2.55. The number of nitrogens with zero attached hydrogens (tertiary/aromatic N) is 1. The number of rotatable bonds is 1. The van der Waals surface area contributed by atoms with E-state index in [9.17, 15) is 0 Å². The predicted octanol–water partition coefficient (Wildman–Crippen LogP) is 2.47. The van der Waals surface area contributed by atoms with Crippen molar-refractivity contribution < 1.29 is 0 Å². The van der Waals surface area contributed by atoms with Crippen LogP contribution in [0.4, 0.5) is 0 Å². The normalized spacial score (nSPS) is 22.2. The fraction of sp³-hybridized carbons (Fsp3) is 0.500. The molecule has 1 atom stereocenters. The lowest BCUT2D eigenvalue weighted by Crippen LogP contribution is -2.14. The van der Waals surface area contributed by atoms with Gasteiger partial charge in [0.2, 0.25) is 0 Å². The third kappa shape index (κ3) is 1.84. The molecule has 0 bridgehead atoms. The number of hydrogen-bond acceptors (Lipinski definition) is 2. The summed E-state index contributed by atoms with van der Waals surface area (Å²) in [7, 11) is 0. The van der Waals surface area contributed by atoms with Gasteiger partial charge in [0, 0.05) is 12.2 Å². The lowest BCUT2D eigenvalue weighted by molar-refractivity contribution is 0.641. The first-order chi connectivity index (χ1) is 6.27. The molecule has 70 valence electrons. The number of hydrogen-bond donors (Lipinski definition) is 1. The summed E-state index contributed by atoms with van der Waals surface area (Å²) in [4.78, 5) is 4.11. The zero-order valence-electron chi connectivity index (χ0n) is 7.68. The zero-order chi connectivity index (χ0) is 9.26. The lowest BCUT2D eigenvalue weighted by atomic mass is 10.0. The van der Waals surface area contributed by atoms with Crippen LogP contribution in [0, 0.1) is 6.92 Å². The summed E-state index contributed by atoms with van der Waals surface area (Å²) < 4.78 is 0. The maximum Gasteiger partial charge on any atom is 0.129 e. The Balaban J connectivity index is 2.29. The molecule has 0 aliphatic carbocycles. The zero-order valence-corrected chi connectivity index (χ0v) is 8.43. The Morgan fingerprint density at radius 3 is 3.08 bits per heavy atom. The molecule has 0 unspecified atom stereocenters. The van der Waals surface area contributed by atoms with Gasteiger partial charge < -0.3 is 5.32 Å². The van der Waals surface area contributed by atoms with Gasteiger partial charge in [-0.15, -0.1) is 0 Å². The molecule has 3 heteroatoms. The molecule has 0 saturated carbocycles. The van der Waals surface area contributed by atoms with E-state index in [0.29, 0.717) is 11.2 Å². The van der Waals surface area contributed by atoms with Crippen molar-refractivity contribution in [2.24, 2.45) is 0 Å². The summed E-state index contributed by atoms with van der Waals surface area (Å²) in [6.45, 7) is 3.20. The number of halogens is 1. The maximum absolute atomic E-state index is 5.79. The van der Waals surface area contributed by atoms with Gasteiger partial charge in [-0.3, -0.25) is 0 Å². The van der Waals surface area contributed by atoms with Gasteiger partial charge in [0.1, 0.15) is 5.15 Å². The number of pyridine rings is 1. The van der Waals surface area contributed by atoms with Crippen LogP contribution in [0.1, 0.15) is 30.0 Å². The van der Waals surface area contributed by atoms with E-state index in [1.165, 1.54) is 24.0 Å². The van der Waals surface area contributed by atoms with Crippen LogP contribution in [-0.4, -0.2) is 11.5 Å². The molecular weight excluding hydrogens is 184 g/mol. The highest BCUT2D eigenvalue weighted by atomic mass is 35.5. The molecule has 1 aliphatic heterocycles. The van der Waals surface area contributed by atoms with Crippen LogP contribution in [0.5, 0.6) is 0 Å². The smallest absolute Gasteiger partial charge is 0.129 e. The minimum absolute atomic E-state index is 0.491. The number of aryl methyl sites for hydroxylation is 1. The van der Waals surface area contributed by atoms with Gasteiger partial charge in [-0.05, 0) is 43.5 Å². The van der Waals surface area contributed by atoms with E-state index in [1.54, 1.807) is 0 Å². The molecule has 2 heterocycles. The van der Waals surface area contributed by atoms with Crippen molar-refractivity contribution in [3.05, 3.63) is 28.5 Å². The van der Waals surface area contributed by atoms with Crippen molar-refractivity contribution in [3.8, 4) is 0 Å². The highest BCUT2D eigenvalue weighted by Crippen LogP contribution is 2.25.